The number of sulfonamides is 1. The molecule has 0 spiro atoms. The van der Waals surface area contributed by atoms with Crippen LogP contribution in [0.25, 0.3) is 11.3 Å². The summed E-state index contributed by atoms with van der Waals surface area (Å²) in [6, 6.07) is 11.2. The third-order valence-electron chi connectivity index (χ3n) is 3.97. The van der Waals surface area contributed by atoms with Crippen molar-refractivity contribution in [1.82, 2.24) is 5.16 Å². The zero-order valence-corrected chi connectivity index (χ0v) is 16.0. The van der Waals surface area contributed by atoms with Crippen molar-refractivity contribution in [3.05, 3.63) is 58.7 Å². The van der Waals surface area contributed by atoms with Gasteiger partial charge in [-0.25, -0.2) is 8.42 Å². The van der Waals surface area contributed by atoms with Gasteiger partial charge in [0.25, 0.3) is 10.0 Å². The summed E-state index contributed by atoms with van der Waals surface area (Å²) in [7, 11) is -2.47. The van der Waals surface area contributed by atoms with Crippen LogP contribution in [-0.2, 0) is 10.0 Å². The van der Waals surface area contributed by atoms with Crippen molar-refractivity contribution < 1.29 is 17.7 Å². The van der Waals surface area contributed by atoms with E-state index in [0.717, 1.165) is 11.3 Å². The van der Waals surface area contributed by atoms with Gasteiger partial charge in [0.05, 0.1) is 12.8 Å². The molecule has 0 aliphatic heterocycles. The second kappa shape index (κ2) is 7.01. The quantitative estimate of drug-likeness (QED) is 0.695. The molecule has 136 valence electrons. The number of nitrogens with zero attached hydrogens (tertiary/aromatic N) is 1. The molecule has 1 heterocycles. The van der Waals surface area contributed by atoms with E-state index in [1.54, 1.807) is 36.4 Å². The fourth-order valence-corrected chi connectivity index (χ4v) is 3.82. The maximum absolute atomic E-state index is 12.9. The molecule has 0 aliphatic carbocycles. The molecule has 3 aromatic rings. The molecular weight excluding hydrogens is 376 g/mol. The smallest absolute Gasteiger partial charge is 0.265 e. The first kappa shape index (κ1) is 18.3. The third kappa shape index (κ3) is 3.54. The fraction of sp³-hybridized carbons (Fsp3) is 0.167. The van der Waals surface area contributed by atoms with Crippen molar-refractivity contribution in [2.75, 3.05) is 11.8 Å². The maximum atomic E-state index is 12.9. The van der Waals surface area contributed by atoms with E-state index in [9.17, 15) is 8.42 Å². The van der Waals surface area contributed by atoms with Crippen LogP contribution in [0.2, 0.25) is 5.02 Å². The molecule has 1 N–H and O–H groups in total. The van der Waals surface area contributed by atoms with Crippen LogP contribution < -0.4 is 9.46 Å². The predicted octanol–water partition coefficient (Wildman–Crippen LogP) is 4.42. The second-order valence-electron chi connectivity index (χ2n) is 5.70. The van der Waals surface area contributed by atoms with Gasteiger partial charge in [-0.15, -0.1) is 0 Å². The Morgan fingerprint density at radius 3 is 2.38 bits per heavy atom. The van der Waals surface area contributed by atoms with E-state index in [2.05, 4.69) is 9.88 Å². The molecule has 6 nitrogen and oxygen atoms in total. The second-order valence-corrected chi connectivity index (χ2v) is 7.79. The third-order valence-corrected chi connectivity index (χ3v) is 5.62. The molecule has 0 atom stereocenters. The van der Waals surface area contributed by atoms with Crippen LogP contribution in [0.4, 0.5) is 5.69 Å². The van der Waals surface area contributed by atoms with Gasteiger partial charge in [0, 0.05) is 21.8 Å². The molecule has 0 aliphatic rings. The molecule has 0 amide bonds. The maximum Gasteiger partial charge on any atom is 0.265 e. The molecule has 0 unspecified atom stereocenters. The summed E-state index contributed by atoms with van der Waals surface area (Å²) in [5.41, 5.74) is 2.60. The highest BCUT2D eigenvalue weighted by atomic mass is 35.5. The minimum absolute atomic E-state index is 0.000836. The van der Waals surface area contributed by atoms with Gasteiger partial charge in [-0.1, -0.05) is 16.8 Å². The number of benzene rings is 2. The Morgan fingerprint density at radius 1 is 1.12 bits per heavy atom. The minimum Gasteiger partial charge on any atom is -0.495 e. The Morgan fingerprint density at radius 2 is 1.81 bits per heavy atom. The van der Waals surface area contributed by atoms with E-state index in [-0.39, 0.29) is 10.6 Å². The van der Waals surface area contributed by atoms with Gasteiger partial charge in [0.2, 0.25) is 0 Å². The van der Waals surface area contributed by atoms with Crippen LogP contribution in [0.15, 0.2) is 51.9 Å². The number of anilines is 1. The van der Waals surface area contributed by atoms with Crippen molar-refractivity contribution in [3.63, 3.8) is 0 Å². The van der Waals surface area contributed by atoms with Crippen molar-refractivity contribution in [2.24, 2.45) is 0 Å². The highest BCUT2D eigenvalue weighted by Gasteiger charge is 2.22. The monoisotopic (exact) mass is 392 g/mol. The lowest BCUT2D eigenvalue weighted by molar-refractivity contribution is 0.402. The average Bonchev–Trinajstić information content (AvgIpc) is 2.95. The number of aromatic nitrogens is 1. The van der Waals surface area contributed by atoms with Gasteiger partial charge in [-0.3, -0.25) is 4.72 Å². The van der Waals surface area contributed by atoms with Crippen LogP contribution in [0, 0.1) is 13.8 Å². The lowest BCUT2D eigenvalue weighted by atomic mass is 10.1. The highest BCUT2D eigenvalue weighted by molar-refractivity contribution is 7.92. The summed E-state index contributed by atoms with van der Waals surface area (Å²) >= 11 is 5.84. The Kier molecular flexibility index (Phi) is 4.93. The molecule has 0 fully saturated rings. The largest absolute Gasteiger partial charge is 0.495 e. The Balaban J connectivity index is 2.05. The number of hydrogen-bond acceptors (Lipinski definition) is 5. The number of nitrogens with one attached hydrogen (secondary N) is 1. The number of methoxy groups -OCH3 is 1. The first-order valence-corrected chi connectivity index (χ1v) is 9.57. The molecule has 0 bridgehead atoms. The molecule has 0 saturated carbocycles. The summed E-state index contributed by atoms with van der Waals surface area (Å²) in [4.78, 5) is 0.000836. The summed E-state index contributed by atoms with van der Waals surface area (Å²) in [5, 5.41) is 4.44. The highest BCUT2D eigenvalue weighted by Crippen LogP contribution is 2.33. The molecule has 8 heteroatoms. The van der Waals surface area contributed by atoms with Gasteiger partial charge in [-0.05, 0) is 56.3 Å². The van der Waals surface area contributed by atoms with Crippen molar-refractivity contribution in [3.8, 4) is 17.1 Å². The normalized spacial score (nSPS) is 11.4. The van der Waals surface area contributed by atoms with Crippen LogP contribution >= 0.6 is 11.6 Å². The van der Waals surface area contributed by atoms with E-state index < -0.39 is 10.0 Å². The Hall–Kier alpha value is -2.51. The average molecular weight is 393 g/mol. The van der Waals surface area contributed by atoms with Gasteiger partial charge in [-0.2, -0.15) is 0 Å². The molecule has 1 aromatic heterocycles. The van der Waals surface area contributed by atoms with Crippen LogP contribution in [-0.4, -0.2) is 20.7 Å². The lowest BCUT2D eigenvalue weighted by Crippen LogP contribution is -2.14. The summed E-state index contributed by atoms with van der Waals surface area (Å²) in [5.74, 6) is 0.747. The summed E-state index contributed by atoms with van der Waals surface area (Å²) in [6.07, 6.45) is 0. The van der Waals surface area contributed by atoms with E-state index in [4.69, 9.17) is 20.9 Å². The zero-order chi connectivity index (χ0) is 18.9. The van der Waals surface area contributed by atoms with E-state index in [1.807, 2.05) is 13.8 Å². The molecule has 0 saturated heterocycles. The number of rotatable bonds is 5. The molecule has 3 rings (SSSR count). The van der Waals surface area contributed by atoms with E-state index in [1.165, 1.54) is 13.2 Å². The summed E-state index contributed by atoms with van der Waals surface area (Å²) in [6.45, 7) is 3.69. The lowest BCUT2D eigenvalue weighted by Gasteiger charge is -2.13. The minimum atomic E-state index is -3.89. The van der Waals surface area contributed by atoms with Gasteiger partial charge < -0.3 is 9.26 Å². The number of aryl methyl sites for hydroxylation is 1. The molecule has 0 radical (unpaired) electrons. The van der Waals surface area contributed by atoms with Crippen LogP contribution in [0.3, 0.4) is 0 Å². The first-order chi connectivity index (χ1) is 12.3. The van der Waals surface area contributed by atoms with Gasteiger partial charge in [0.1, 0.15) is 10.6 Å². The van der Waals surface area contributed by atoms with Crippen molar-refractivity contribution in [1.29, 1.82) is 0 Å². The van der Waals surface area contributed by atoms with Crippen LogP contribution in [0.5, 0.6) is 5.75 Å². The Bertz CT molecular complexity index is 1040. The van der Waals surface area contributed by atoms with Gasteiger partial charge >= 0.3 is 0 Å². The number of hydrogen-bond donors (Lipinski definition) is 1. The molecule has 26 heavy (non-hydrogen) atoms. The Labute approximate surface area is 156 Å². The standard InChI is InChI=1S/C18H17ClN2O4S/c1-11-12(2)20-25-18(11)13-4-9-16(24-3)17(10-13)26(22,23)21-15-7-5-14(19)6-8-15/h4-10,21H,1-3H3. The predicted molar refractivity (Wildman–Crippen MR) is 100 cm³/mol. The van der Waals surface area contributed by atoms with Crippen molar-refractivity contribution in [2.45, 2.75) is 18.7 Å². The summed E-state index contributed by atoms with van der Waals surface area (Å²) < 4.78 is 38.8. The van der Waals surface area contributed by atoms with Crippen LogP contribution in [0.1, 0.15) is 11.3 Å². The fourth-order valence-electron chi connectivity index (χ4n) is 2.44. The number of halogens is 1. The van der Waals surface area contributed by atoms with E-state index in [0.29, 0.717) is 22.0 Å². The van der Waals surface area contributed by atoms with Crippen molar-refractivity contribution >= 4 is 27.3 Å². The first-order valence-electron chi connectivity index (χ1n) is 7.71. The topological polar surface area (TPSA) is 81.4 Å². The SMILES string of the molecule is COc1ccc(-c2onc(C)c2C)cc1S(=O)(=O)Nc1ccc(Cl)cc1. The molecule has 2 aromatic carbocycles. The van der Waals surface area contributed by atoms with Gasteiger partial charge in [0.15, 0.2) is 5.76 Å². The number of ether oxygens (including phenoxy) is 1. The van der Waals surface area contributed by atoms with E-state index >= 15 is 0 Å². The molecular formula is C18H17ClN2O4S. The zero-order valence-electron chi connectivity index (χ0n) is 14.4.